The topological polar surface area (TPSA) is 35.2 Å². The predicted octanol–water partition coefficient (Wildman–Crippen LogP) is 4.08. The fraction of sp³-hybridized carbons (Fsp3) is 0.294. The highest BCUT2D eigenvalue weighted by molar-refractivity contribution is 5.66. The molecule has 0 aliphatic heterocycles. The summed E-state index contributed by atoms with van der Waals surface area (Å²) in [6.07, 6.45) is 0.949. The minimum atomic E-state index is 0.110. The van der Waals surface area contributed by atoms with E-state index >= 15 is 0 Å². The third-order valence-corrected chi connectivity index (χ3v) is 3.48. The number of hydrogen-bond donors (Lipinski definition) is 1. The molecule has 0 saturated carbocycles. The number of methoxy groups -OCH3 is 1. The number of aryl methyl sites for hydroxylation is 1. The summed E-state index contributed by atoms with van der Waals surface area (Å²) in [6.45, 7) is 4.17. The summed E-state index contributed by atoms with van der Waals surface area (Å²) in [5, 5.41) is 0. The van der Waals surface area contributed by atoms with E-state index in [1.807, 2.05) is 6.07 Å². The van der Waals surface area contributed by atoms with Crippen molar-refractivity contribution in [1.29, 1.82) is 0 Å². The van der Waals surface area contributed by atoms with E-state index in [1.54, 1.807) is 7.11 Å². The van der Waals surface area contributed by atoms with Crippen LogP contribution in [0.3, 0.4) is 0 Å². The molecule has 2 aromatic carbocycles. The molecule has 0 saturated heterocycles. The fourth-order valence-electron chi connectivity index (χ4n) is 2.24. The summed E-state index contributed by atoms with van der Waals surface area (Å²) in [5.74, 6) is 0.921. The van der Waals surface area contributed by atoms with Gasteiger partial charge in [0.05, 0.1) is 7.11 Å². The van der Waals surface area contributed by atoms with Crippen LogP contribution in [-0.4, -0.2) is 7.11 Å². The Labute approximate surface area is 115 Å². The largest absolute Gasteiger partial charge is 0.496 e. The summed E-state index contributed by atoms with van der Waals surface area (Å²) < 4.78 is 5.30. The first-order valence-electron chi connectivity index (χ1n) is 6.66. The van der Waals surface area contributed by atoms with Gasteiger partial charge >= 0.3 is 0 Å². The molecule has 2 N–H and O–H groups in total. The molecule has 0 spiro atoms. The predicted molar refractivity (Wildman–Crippen MR) is 80.4 cm³/mol. The molecule has 100 valence electrons. The van der Waals surface area contributed by atoms with E-state index in [-0.39, 0.29) is 6.04 Å². The monoisotopic (exact) mass is 255 g/mol. The highest BCUT2D eigenvalue weighted by Gasteiger charge is 2.06. The van der Waals surface area contributed by atoms with Crippen LogP contribution < -0.4 is 10.5 Å². The summed E-state index contributed by atoms with van der Waals surface area (Å²) in [6, 6.07) is 14.8. The molecule has 0 amide bonds. The maximum absolute atomic E-state index is 6.10. The molecule has 1 unspecified atom stereocenters. The molecular weight excluding hydrogens is 234 g/mol. The zero-order valence-corrected chi connectivity index (χ0v) is 11.8. The van der Waals surface area contributed by atoms with Gasteiger partial charge in [-0.15, -0.1) is 0 Å². The van der Waals surface area contributed by atoms with Crippen LogP contribution in [0.2, 0.25) is 0 Å². The molecule has 0 aliphatic carbocycles. The highest BCUT2D eigenvalue weighted by Crippen LogP contribution is 2.27. The molecule has 19 heavy (non-hydrogen) atoms. The Morgan fingerprint density at radius 3 is 2.47 bits per heavy atom. The first-order valence-corrected chi connectivity index (χ1v) is 6.66. The molecule has 2 rings (SSSR count). The van der Waals surface area contributed by atoms with Crippen molar-refractivity contribution in [2.45, 2.75) is 26.3 Å². The van der Waals surface area contributed by atoms with Gasteiger partial charge in [-0.2, -0.15) is 0 Å². The van der Waals surface area contributed by atoms with E-state index in [4.69, 9.17) is 10.5 Å². The summed E-state index contributed by atoms with van der Waals surface area (Å²) in [4.78, 5) is 0. The zero-order chi connectivity index (χ0) is 13.8. The smallest absolute Gasteiger partial charge is 0.121 e. The van der Waals surface area contributed by atoms with Gasteiger partial charge in [0.15, 0.2) is 0 Å². The van der Waals surface area contributed by atoms with Crippen LogP contribution in [0.1, 0.15) is 30.5 Å². The van der Waals surface area contributed by atoms with E-state index in [0.29, 0.717) is 0 Å². The van der Waals surface area contributed by atoms with Crippen LogP contribution in [0.25, 0.3) is 11.1 Å². The van der Waals surface area contributed by atoms with Gasteiger partial charge in [-0.25, -0.2) is 0 Å². The molecule has 0 aliphatic rings. The molecular formula is C17H21NO. The molecule has 2 aromatic rings. The van der Waals surface area contributed by atoms with Crippen molar-refractivity contribution >= 4 is 0 Å². The third-order valence-electron chi connectivity index (χ3n) is 3.48. The Morgan fingerprint density at radius 2 is 1.84 bits per heavy atom. The standard InChI is InChI=1S/C17H21NO/c1-4-16(18)15-7-5-6-13(11-15)14-8-9-17(19-3)12(2)10-14/h5-11,16H,4,18H2,1-3H3. The van der Waals surface area contributed by atoms with E-state index in [0.717, 1.165) is 17.7 Å². The lowest BCUT2D eigenvalue weighted by atomic mass is 9.97. The van der Waals surface area contributed by atoms with Crippen molar-refractivity contribution in [3.63, 3.8) is 0 Å². The number of nitrogens with two attached hydrogens (primary N) is 1. The lowest BCUT2D eigenvalue weighted by Crippen LogP contribution is -2.08. The third kappa shape index (κ3) is 2.96. The minimum Gasteiger partial charge on any atom is -0.496 e. The lowest BCUT2D eigenvalue weighted by Gasteiger charge is -2.12. The Morgan fingerprint density at radius 1 is 1.11 bits per heavy atom. The van der Waals surface area contributed by atoms with Crippen LogP contribution in [-0.2, 0) is 0 Å². The van der Waals surface area contributed by atoms with Crippen LogP contribution in [0.15, 0.2) is 42.5 Å². The number of ether oxygens (including phenoxy) is 1. The van der Waals surface area contributed by atoms with Gasteiger partial charge in [-0.05, 0) is 53.8 Å². The second-order valence-corrected chi connectivity index (χ2v) is 4.82. The van der Waals surface area contributed by atoms with Crippen molar-refractivity contribution in [2.24, 2.45) is 5.73 Å². The van der Waals surface area contributed by atoms with Gasteiger partial charge in [-0.1, -0.05) is 31.2 Å². The van der Waals surface area contributed by atoms with Gasteiger partial charge in [0, 0.05) is 6.04 Å². The van der Waals surface area contributed by atoms with Crippen molar-refractivity contribution in [2.75, 3.05) is 7.11 Å². The average molecular weight is 255 g/mol. The second kappa shape index (κ2) is 5.89. The SMILES string of the molecule is CCC(N)c1cccc(-c2ccc(OC)c(C)c2)c1. The second-order valence-electron chi connectivity index (χ2n) is 4.82. The highest BCUT2D eigenvalue weighted by atomic mass is 16.5. The lowest BCUT2D eigenvalue weighted by molar-refractivity contribution is 0.412. The van der Waals surface area contributed by atoms with Crippen LogP contribution in [0.4, 0.5) is 0 Å². The normalized spacial score (nSPS) is 12.2. The van der Waals surface area contributed by atoms with Gasteiger partial charge in [0.1, 0.15) is 5.75 Å². The van der Waals surface area contributed by atoms with Gasteiger partial charge < -0.3 is 10.5 Å². The Bertz CT molecular complexity index is 563. The molecule has 0 radical (unpaired) electrons. The van der Waals surface area contributed by atoms with E-state index < -0.39 is 0 Å². The van der Waals surface area contributed by atoms with Crippen molar-refractivity contribution < 1.29 is 4.74 Å². The average Bonchev–Trinajstić information content (AvgIpc) is 2.46. The first-order chi connectivity index (χ1) is 9.15. The molecule has 0 heterocycles. The van der Waals surface area contributed by atoms with Crippen LogP contribution >= 0.6 is 0 Å². The number of hydrogen-bond acceptors (Lipinski definition) is 2. The Hall–Kier alpha value is -1.80. The van der Waals surface area contributed by atoms with Crippen LogP contribution in [0.5, 0.6) is 5.75 Å². The Balaban J connectivity index is 2.39. The van der Waals surface area contributed by atoms with Gasteiger partial charge in [0.25, 0.3) is 0 Å². The van der Waals surface area contributed by atoms with E-state index in [1.165, 1.54) is 16.7 Å². The van der Waals surface area contributed by atoms with Gasteiger partial charge in [-0.3, -0.25) is 0 Å². The van der Waals surface area contributed by atoms with E-state index in [2.05, 4.69) is 50.2 Å². The molecule has 2 nitrogen and oxygen atoms in total. The fourth-order valence-corrected chi connectivity index (χ4v) is 2.24. The van der Waals surface area contributed by atoms with Crippen molar-refractivity contribution in [3.8, 4) is 16.9 Å². The summed E-state index contributed by atoms with van der Waals surface area (Å²) >= 11 is 0. The minimum absolute atomic E-state index is 0.110. The molecule has 1 atom stereocenters. The molecule has 2 heteroatoms. The molecule has 0 bridgehead atoms. The zero-order valence-electron chi connectivity index (χ0n) is 11.8. The summed E-state index contributed by atoms with van der Waals surface area (Å²) in [5.41, 5.74) is 10.8. The number of rotatable bonds is 4. The molecule has 0 aromatic heterocycles. The first kappa shape index (κ1) is 13.6. The quantitative estimate of drug-likeness (QED) is 0.893. The van der Waals surface area contributed by atoms with Crippen molar-refractivity contribution in [1.82, 2.24) is 0 Å². The maximum atomic E-state index is 6.10. The van der Waals surface area contributed by atoms with Crippen LogP contribution in [0, 0.1) is 6.92 Å². The molecule has 0 fully saturated rings. The number of benzene rings is 2. The van der Waals surface area contributed by atoms with Gasteiger partial charge in [0.2, 0.25) is 0 Å². The Kier molecular flexibility index (Phi) is 4.23. The van der Waals surface area contributed by atoms with E-state index in [9.17, 15) is 0 Å². The van der Waals surface area contributed by atoms with Crippen molar-refractivity contribution in [3.05, 3.63) is 53.6 Å². The maximum Gasteiger partial charge on any atom is 0.121 e. The summed E-state index contributed by atoms with van der Waals surface area (Å²) in [7, 11) is 1.70.